The van der Waals surface area contributed by atoms with E-state index in [-0.39, 0.29) is 32.2 Å². The van der Waals surface area contributed by atoms with Gasteiger partial charge in [0.05, 0.1) is 34.4 Å². The molecular weight excluding hydrogens is 935 g/mol. The van der Waals surface area contributed by atoms with E-state index < -0.39 is 24.3 Å². The summed E-state index contributed by atoms with van der Waals surface area (Å²) in [6.07, 6.45) is 69.2. The van der Waals surface area contributed by atoms with Crippen molar-refractivity contribution in [1.82, 2.24) is 0 Å². The van der Waals surface area contributed by atoms with Crippen LogP contribution in [0.5, 0.6) is 0 Å². The molecule has 1 N–H and O–H groups in total. The number of quaternary nitrogens is 1. The molecule has 9 nitrogen and oxygen atoms in total. The van der Waals surface area contributed by atoms with Crippen molar-refractivity contribution in [3.8, 4) is 0 Å². The molecule has 9 heteroatoms. The van der Waals surface area contributed by atoms with E-state index in [1.807, 2.05) is 21.1 Å². The van der Waals surface area contributed by atoms with Crippen LogP contribution in [0.4, 0.5) is 0 Å². The molecule has 438 valence electrons. The minimum atomic E-state index is -1.51. The van der Waals surface area contributed by atoms with Crippen LogP contribution in [0.15, 0.2) is 48.6 Å². The number of allylic oxidation sites excluding steroid dienone is 8. The number of carboxylic acids is 1. The number of nitrogens with zero attached hydrogens (tertiary/aromatic N) is 1. The van der Waals surface area contributed by atoms with Crippen LogP contribution < -0.4 is 0 Å². The van der Waals surface area contributed by atoms with Gasteiger partial charge in [0.2, 0.25) is 0 Å². The normalized spacial score (nSPS) is 13.0. The van der Waals surface area contributed by atoms with Gasteiger partial charge in [-0.05, 0) is 51.4 Å². The summed E-state index contributed by atoms with van der Waals surface area (Å²) in [5.74, 6) is -1.99. The molecule has 0 rings (SSSR count). The largest absolute Gasteiger partial charge is 0.477 e. The maximum Gasteiger partial charge on any atom is 0.361 e. The van der Waals surface area contributed by atoms with Crippen molar-refractivity contribution in [3.63, 3.8) is 0 Å². The van der Waals surface area contributed by atoms with Crippen LogP contribution in [-0.4, -0.2) is 87.4 Å². The monoisotopic (exact) mass is 1060 g/mol. The summed E-state index contributed by atoms with van der Waals surface area (Å²) in [5, 5.41) is 9.72. The number of unbranched alkanes of at least 4 members (excludes halogenated alkanes) is 36. The first-order valence-corrected chi connectivity index (χ1v) is 31.8. The third kappa shape index (κ3) is 58.8. The first-order valence-electron chi connectivity index (χ1n) is 31.8. The number of aliphatic carboxylic acids is 1. The Kier molecular flexibility index (Phi) is 55.3. The summed E-state index contributed by atoms with van der Waals surface area (Å²) in [6, 6.07) is 0. The molecular formula is C66H122NO8+. The topological polar surface area (TPSA) is 108 Å². The third-order valence-electron chi connectivity index (χ3n) is 14.1. The Morgan fingerprint density at radius 2 is 0.760 bits per heavy atom. The lowest BCUT2D eigenvalue weighted by Gasteiger charge is -2.25. The first-order chi connectivity index (χ1) is 36.6. The summed E-state index contributed by atoms with van der Waals surface area (Å²) in [6.45, 7) is 4.82. The second kappa shape index (κ2) is 57.4. The SMILES string of the molecule is CC/C=C\C/C=C\C/C=C\C/C=C\CCCCCCCCCCCCCCCCC(=O)OC(COC(=O)CCCCCCCCCCCCCCCCCCCCCCCCC)COC(OCC[N+](C)(C)C)C(=O)O. The number of carbonyl (C=O) groups excluding carboxylic acids is 2. The molecule has 0 fully saturated rings. The second-order valence-electron chi connectivity index (χ2n) is 22.7. The van der Waals surface area contributed by atoms with E-state index in [0.717, 1.165) is 64.2 Å². The Balaban J connectivity index is 4.15. The maximum atomic E-state index is 12.9. The maximum absolute atomic E-state index is 12.9. The highest BCUT2D eigenvalue weighted by molar-refractivity contribution is 5.71. The highest BCUT2D eigenvalue weighted by Gasteiger charge is 2.25. The van der Waals surface area contributed by atoms with Crippen LogP contribution in [0.25, 0.3) is 0 Å². The summed E-state index contributed by atoms with van der Waals surface area (Å²) < 4.78 is 23.0. The van der Waals surface area contributed by atoms with Crippen molar-refractivity contribution in [2.24, 2.45) is 0 Å². The number of hydrogen-bond acceptors (Lipinski definition) is 7. The molecule has 0 radical (unpaired) electrons. The zero-order valence-electron chi connectivity index (χ0n) is 50.0. The summed E-state index contributed by atoms with van der Waals surface area (Å²) in [5.41, 5.74) is 0. The molecule has 0 saturated carbocycles. The lowest BCUT2D eigenvalue weighted by atomic mass is 10.0. The van der Waals surface area contributed by atoms with Crippen LogP contribution in [-0.2, 0) is 33.3 Å². The number of carboxylic acid groups (broad SMARTS) is 1. The first kappa shape index (κ1) is 72.2. The van der Waals surface area contributed by atoms with Crippen molar-refractivity contribution in [1.29, 1.82) is 0 Å². The molecule has 2 unspecified atom stereocenters. The standard InChI is InChI=1S/C66H121NO8/c1-6-8-10-12-14-16-18-20-22-24-26-28-30-31-32-33-35-37-39-41-43-45-47-49-51-53-55-57-64(69)75-62(61-74-66(65(70)71)72-59-58-67(3,4)5)60-73-63(68)56-54-52-50-48-46-44-42-40-38-36-34-29-27-25-23-21-19-17-15-13-11-9-7-2/h8,10,14,16,20,22,26,28,62,66H,6-7,9,11-13,15,17-19,21,23-25,27,29-61H2,1-5H3/p+1/b10-8-,16-14-,22-20-,28-26-. The smallest absolute Gasteiger partial charge is 0.361 e. The van der Waals surface area contributed by atoms with E-state index in [4.69, 9.17) is 18.9 Å². The van der Waals surface area contributed by atoms with Crippen LogP contribution in [0.2, 0.25) is 0 Å². The lowest BCUT2D eigenvalue weighted by molar-refractivity contribution is -0.870. The van der Waals surface area contributed by atoms with E-state index in [9.17, 15) is 19.5 Å². The number of ether oxygens (including phenoxy) is 4. The fraction of sp³-hybridized carbons (Fsp3) is 0.833. The minimum Gasteiger partial charge on any atom is -0.477 e. The lowest BCUT2D eigenvalue weighted by Crippen LogP contribution is -2.40. The van der Waals surface area contributed by atoms with Crippen LogP contribution in [0.3, 0.4) is 0 Å². The van der Waals surface area contributed by atoms with Gasteiger partial charge >= 0.3 is 17.9 Å². The minimum absolute atomic E-state index is 0.178. The Morgan fingerprint density at radius 3 is 1.13 bits per heavy atom. The average molecular weight is 1060 g/mol. The fourth-order valence-electron chi connectivity index (χ4n) is 9.24. The molecule has 75 heavy (non-hydrogen) atoms. The predicted octanol–water partition coefficient (Wildman–Crippen LogP) is 19.0. The Bertz CT molecular complexity index is 1370. The van der Waals surface area contributed by atoms with Gasteiger partial charge in [0.1, 0.15) is 13.2 Å². The highest BCUT2D eigenvalue weighted by atomic mass is 16.7. The van der Waals surface area contributed by atoms with Gasteiger partial charge in [-0.25, -0.2) is 4.79 Å². The quantitative estimate of drug-likeness (QED) is 0.0211. The molecule has 0 heterocycles. The van der Waals surface area contributed by atoms with E-state index in [1.165, 1.54) is 205 Å². The van der Waals surface area contributed by atoms with Crippen LogP contribution in [0.1, 0.15) is 296 Å². The van der Waals surface area contributed by atoms with E-state index >= 15 is 0 Å². The van der Waals surface area contributed by atoms with Gasteiger partial charge in [0, 0.05) is 12.8 Å². The van der Waals surface area contributed by atoms with E-state index in [2.05, 4.69) is 62.5 Å². The molecule has 0 aromatic heterocycles. The van der Waals surface area contributed by atoms with Gasteiger partial charge in [-0.3, -0.25) is 9.59 Å². The number of likely N-dealkylation sites (N-methyl/N-ethyl adjacent to an activating group) is 1. The van der Waals surface area contributed by atoms with Gasteiger partial charge in [-0.1, -0.05) is 281 Å². The van der Waals surface area contributed by atoms with Gasteiger partial charge in [0.15, 0.2) is 6.10 Å². The highest BCUT2D eigenvalue weighted by Crippen LogP contribution is 2.18. The number of esters is 2. The molecule has 0 aromatic rings. The molecule has 0 bridgehead atoms. The van der Waals surface area contributed by atoms with Crippen molar-refractivity contribution >= 4 is 17.9 Å². The number of hydrogen-bond donors (Lipinski definition) is 1. The Morgan fingerprint density at radius 1 is 0.413 bits per heavy atom. The van der Waals surface area contributed by atoms with Crippen LogP contribution >= 0.6 is 0 Å². The third-order valence-corrected chi connectivity index (χ3v) is 14.1. The molecule has 0 aromatic carbocycles. The molecule has 0 aliphatic heterocycles. The van der Waals surface area contributed by atoms with E-state index in [0.29, 0.717) is 17.4 Å². The molecule has 2 atom stereocenters. The molecule has 0 spiro atoms. The predicted molar refractivity (Wildman–Crippen MR) is 318 cm³/mol. The van der Waals surface area contributed by atoms with E-state index in [1.54, 1.807) is 0 Å². The fourth-order valence-corrected chi connectivity index (χ4v) is 9.24. The van der Waals surface area contributed by atoms with Crippen molar-refractivity contribution in [2.75, 3.05) is 47.5 Å². The molecule has 0 aliphatic rings. The second-order valence-corrected chi connectivity index (χ2v) is 22.7. The number of carbonyl (C=O) groups is 3. The van der Waals surface area contributed by atoms with Gasteiger partial charge in [-0.15, -0.1) is 0 Å². The average Bonchev–Trinajstić information content (AvgIpc) is 3.38. The summed E-state index contributed by atoms with van der Waals surface area (Å²) in [4.78, 5) is 37.5. The van der Waals surface area contributed by atoms with Crippen molar-refractivity contribution in [2.45, 2.75) is 309 Å². The zero-order chi connectivity index (χ0) is 54.8. The molecule has 0 aliphatic carbocycles. The Labute approximate surface area is 463 Å². The van der Waals surface area contributed by atoms with Gasteiger partial charge < -0.3 is 28.5 Å². The summed E-state index contributed by atoms with van der Waals surface area (Å²) in [7, 11) is 5.98. The zero-order valence-corrected chi connectivity index (χ0v) is 50.0. The van der Waals surface area contributed by atoms with Crippen molar-refractivity contribution < 1.29 is 42.9 Å². The Hall–Kier alpha value is -2.75. The van der Waals surface area contributed by atoms with Gasteiger partial charge in [-0.2, -0.15) is 0 Å². The van der Waals surface area contributed by atoms with Crippen LogP contribution in [0, 0.1) is 0 Å². The number of rotatable bonds is 59. The van der Waals surface area contributed by atoms with Gasteiger partial charge in [0.25, 0.3) is 6.29 Å². The summed E-state index contributed by atoms with van der Waals surface area (Å²) >= 11 is 0. The molecule has 0 amide bonds. The molecule has 0 saturated heterocycles. The van der Waals surface area contributed by atoms with Crippen molar-refractivity contribution in [3.05, 3.63) is 48.6 Å².